The van der Waals surface area contributed by atoms with Crippen molar-refractivity contribution in [3.63, 3.8) is 0 Å². The summed E-state index contributed by atoms with van der Waals surface area (Å²) in [5.41, 5.74) is 2.93. The summed E-state index contributed by atoms with van der Waals surface area (Å²) in [4.78, 5) is 20.3. The smallest absolute Gasteiger partial charge is 0.329 e. The number of amidine groups is 1. The number of hydrogen-bond acceptors (Lipinski definition) is 4. The second kappa shape index (κ2) is 11.5. The first kappa shape index (κ1) is 25.8. The molecule has 0 spiro atoms. The highest BCUT2D eigenvalue weighted by molar-refractivity contribution is 6.13. The molecule has 4 atom stereocenters. The Morgan fingerprint density at radius 2 is 1.74 bits per heavy atom. The van der Waals surface area contributed by atoms with Crippen LogP contribution in [0.1, 0.15) is 58.1 Å². The molecule has 5 nitrogen and oxygen atoms in total. The molecule has 0 unspecified atom stereocenters. The SMILES string of the molecule is CN=C(c1ccc(OC)cc1)N(c1ccccc1C)[C@H](C)C(=O)O[C@@H]1C[C@H](C)CC[C@H]1C(C)C. The second-order valence-corrected chi connectivity index (χ2v) is 9.91. The van der Waals surface area contributed by atoms with Crippen LogP contribution in [0.3, 0.4) is 0 Å². The Labute approximate surface area is 205 Å². The van der Waals surface area contributed by atoms with Crippen LogP contribution in [0.2, 0.25) is 0 Å². The molecule has 1 saturated carbocycles. The van der Waals surface area contributed by atoms with E-state index in [0.717, 1.165) is 41.2 Å². The molecule has 2 aromatic rings. The Morgan fingerprint density at radius 3 is 2.32 bits per heavy atom. The third-order valence-corrected chi connectivity index (χ3v) is 7.12. The van der Waals surface area contributed by atoms with Gasteiger partial charge >= 0.3 is 5.97 Å². The molecule has 0 heterocycles. The van der Waals surface area contributed by atoms with Crippen LogP contribution in [0.5, 0.6) is 5.75 Å². The van der Waals surface area contributed by atoms with E-state index in [1.165, 1.54) is 6.42 Å². The van der Waals surface area contributed by atoms with Gasteiger partial charge in [-0.2, -0.15) is 0 Å². The summed E-state index contributed by atoms with van der Waals surface area (Å²) in [7, 11) is 3.42. The third kappa shape index (κ3) is 5.81. The molecule has 0 aromatic heterocycles. The van der Waals surface area contributed by atoms with Crippen LogP contribution < -0.4 is 9.64 Å². The predicted octanol–water partition coefficient (Wildman–Crippen LogP) is 6.28. The van der Waals surface area contributed by atoms with Gasteiger partial charge in [-0.15, -0.1) is 0 Å². The zero-order valence-electron chi connectivity index (χ0n) is 21.7. The van der Waals surface area contributed by atoms with Crippen LogP contribution in [0.25, 0.3) is 0 Å². The van der Waals surface area contributed by atoms with Gasteiger partial charge in [-0.05, 0) is 80.3 Å². The Morgan fingerprint density at radius 1 is 1.06 bits per heavy atom. The monoisotopic (exact) mass is 464 g/mol. The summed E-state index contributed by atoms with van der Waals surface area (Å²) in [6.07, 6.45) is 3.20. The van der Waals surface area contributed by atoms with Gasteiger partial charge in [0.25, 0.3) is 0 Å². The van der Waals surface area contributed by atoms with E-state index in [9.17, 15) is 4.79 Å². The summed E-state index contributed by atoms with van der Waals surface area (Å²) >= 11 is 0. The molecule has 0 amide bonds. The fourth-order valence-electron chi connectivity index (χ4n) is 5.06. The van der Waals surface area contributed by atoms with Crippen molar-refractivity contribution >= 4 is 17.5 Å². The minimum Gasteiger partial charge on any atom is -0.497 e. The summed E-state index contributed by atoms with van der Waals surface area (Å²) in [5, 5.41) is 0. The van der Waals surface area contributed by atoms with Crippen molar-refractivity contribution in [2.75, 3.05) is 19.1 Å². The first-order valence-corrected chi connectivity index (χ1v) is 12.4. The molecule has 5 heteroatoms. The highest BCUT2D eigenvalue weighted by Gasteiger charge is 2.36. The molecule has 0 bridgehead atoms. The van der Waals surface area contributed by atoms with Crippen molar-refractivity contribution in [3.05, 3.63) is 59.7 Å². The van der Waals surface area contributed by atoms with Crippen LogP contribution in [0.15, 0.2) is 53.5 Å². The van der Waals surface area contributed by atoms with Crippen molar-refractivity contribution in [1.29, 1.82) is 0 Å². The van der Waals surface area contributed by atoms with Gasteiger partial charge < -0.3 is 14.4 Å². The Balaban J connectivity index is 1.95. The zero-order chi connectivity index (χ0) is 24.8. The lowest BCUT2D eigenvalue weighted by atomic mass is 9.75. The van der Waals surface area contributed by atoms with Crippen molar-refractivity contribution in [1.82, 2.24) is 0 Å². The molecule has 0 radical (unpaired) electrons. The number of para-hydroxylation sites is 1. The first-order chi connectivity index (χ1) is 16.3. The van der Waals surface area contributed by atoms with E-state index in [1.54, 1.807) is 14.2 Å². The maximum absolute atomic E-state index is 13.6. The second-order valence-electron chi connectivity index (χ2n) is 9.91. The topological polar surface area (TPSA) is 51.1 Å². The number of aliphatic imine (C=N–C) groups is 1. The molecular weight excluding hydrogens is 424 g/mol. The average Bonchev–Trinajstić information content (AvgIpc) is 2.82. The molecule has 184 valence electrons. The fraction of sp³-hybridized carbons (Fsp3) is 0.517. The molecule has 1 fully saturated rings. The predicted molar refractivity (Wildman–Crippen MR) is 140 cm³/mol. The summed E-state index contributed by atoms with van der Waals surface area (Å²) in [5.74, 6) is 2.75. The number of hydrogen-bond donors (Lipinski definition) is 0. The summed E-state index contributed by atoms with van der Waals surface area (Å²) in [6, 6.07) is 15.3. The number of ether oxygens (including phenoxy) is 2. The van der Waals surface area contributed by atoms with Gasteiger partial charge in [0, 0.05) is 18.3 Å². The maximum Gasteiger partial charge on any atom is 0.329 e. The van der Waals surface area contributed by atoms with Gasteiger partial charge in [-0.3, -0.25) is 4.99 Å². The largest absolute Gasteiger partial charge is 0.497 e. The van der Waals surface area contributed by atoms with E-state index in [4.69, 9.17) is 9.47 Å². The number of methoxy groups -OCH3 is 1. The van der Waals surface area contributed by atoms with E-state index < -0.39 is 6.04 Å². The van der Waals surface area contributed by atoms with Crippen molar-refractivity contribution < 1.29 is 14.3 Å². The van der Waals surface area contributed by atoms with Gasteiger partial charge in [-0.1, -0.05) is 45.4 Å². The number of aryl methyl sites for hydroxylation is 1. The fourth-order valence-corrected chi connectivity index (χ4v) is 5.06. The highest BCUT2D eigenvalue weighted by Crippen LogP contribution is 2.36. The van der Waals surface area contributed by atoms with Crippen molar-refractivity contribution in [2.24, 2.45) is 22.7 Å². The first-order valence-electron chi connectivity index (χ1n) is 12.4. The minimum atomic E-state index is -0.535. The molecule has 34 heavy (non-hydrogen) atoms. The Bertz CT molecular complexity index is 983. The Hall–Kier alpha value is -2.82. The lowest BCUT2D eigenvalue weighted by molar-refractivity contribution is -0.156. The van der Waals surface area contributed by atoms with Crippen LogP contribution in [-0.4, -0.2) is 38.1 Å². The standard InChI is InChI=1S/C29H40N2O3/c1-19(2)25-17-12-20(3)18-27(25)34-29(32)22(5)31(26-11-9-8-10-21(26)4)28(30-6)23-13-15-24(33-7)16-14-23/h8-11,13-16,19-20,22,25,27H,12,17-18H2,1-7H3/t20-,22-,25+,27-/m1/s1. The molecule has 0 N–H and O–H groups in total. The quantitative estimate of drug-likeness (QED) is 0.275. The van der Waals surface area contributed by atoms with Crippen molar-refractivity contribution in [3.8, 4) is 5.75 Å². The van der Waals surface area contributed by atoms with Gasteiger partial charge in [0.2, 0.25) is 0 Å². The van der Waals surface area contributed by atoms with E-state index in [0.29, 0.717) is 17.8 Å². The number of carbonyl (C=O) groups excluding carboxylic acids is 1. The number of anilines is 1. The molecule has 3 rings (SSSR count). The number of carbonyl (C=O) groups is 1. The van der Waals surface area contributed by atoms with E-state index in [1.807, 2.05) is 54.3 Å². The third-order valence-electron chi connectivity index (χ3n) is 7.12. The van der Waals surface area contributed by atoms with E-state index in [2.05, 4.69) is 38.8 Å². The lowest BCUT2D eigenvalue weighted by Crippen LogP contribution is -2.47. The van der Waals surface area contributed by atoms with Gasteiger partial charge in [0.05, 0.1) is 7.11 Å². The molecular formula is C29H40N2O3. The van der Waals surface area contributed by atoms with Crippen LogP contribution in [0.4, 0.5) is 5.69 Å². The minimum absolute atomic E-state index is 0.0413. The van der Waals surface area contributed by atoms with E-state index >= 15 is 0 Å². The van der Waals surface area contributed by atoms with E-state index in [-0.39, 0.29) is 12.1 Å². The van der Waals surface area contributed by atoms with Crippen LogP contribution >= 0.6 is 0 Å². The number of benzene rings is 2. The van der Waals surface area contributed by atoms with Crippen molar-refractivity contribution in [2.45, 2.75) is 66.0 Å². The van der Waals surface area contributed by atoms with Crippen LogP contribution in [0, 0.1) is 24.7 Å². The Kier molecular flexibility index (Phi) is 8.76. The normalized spacial score (nSPS) is 21.8. The molecule has 0 saturated heterocycles. The van der Waals surface area contributed by atoms with Gasteiger partial charge in [0.15, 0.2) is 0 Å². The average molecular weight is 465 g/mol. The van der Waals surface area contributed by atoms with Gasteiger partial charge in [0.1, 0.15) is 23.7 Å². The molecule has 1 aliphatic carbocycles. The number of esters is 1. The lowest BCUT2D eigenvalue weighted by Gasteiger charge is -2.38. The van der Waals surface area contributed by atoms with Crippen LogP contribution in [-0.2, 0) is 9.53 Å². The molecule has 0 aliphatic heterocycles. The summed E-state index contributed by atoms with van der Waals surface area (Å²) in [6.45, 7) is 10.7. The summed E-state index contributed by atoms with van der Waals surface area (Å²) < 4.78 is 11.6. The highest BCUT2D eigenvalue weighted by atomic mass is 16.5. The molecule has 1 aliphatic rings. The number of rotatable bonds is 7. The number of nitrogens with zero attached hydrogens (tertiary/aromatic N) is 2. The van der Waals surface area contributed by atoms with Gasteiger partial charge in [-0.25, -0.2) is 4.79 Å². The maximum atomic E-state index is 13.6. The molecule has 2 aromatic carbocycles. The zero-order valence-corrected chi connectivity index (χ0v) is 21.7.